The Bertz CT molecular complexity index is 753. The number of rotatable bonds is 4. The van der Waals surface area contributed by atoms with Crippen LogP contribution in [0.25, 0.3) is 0 Å². The summed E-state index contributed by atoms with van der Waals surface area (Å²) in [5, 5.41) is 3.56. The minimum atomic E-state index is 0. The van der Waals surface area contributed by atoms with Crippen molar-refractivity contribution in [2.24, 2.45) is 0 Å². The molecule has 4 rings (SSSR count). The van der Waals surface area contributed by atoms with Gasteiger partial charge < -0.3 is 24.3 Å². The molecular formula is C20H24ClNO4. The summed E-state index contributed by atoms with van der Waals surface area (Å²) in [6.45, 7) is 5.47. The summed E-state index contributed by atoms with van der Waals surface area (Å²) in [6, 6.07) is 12.4. The van der Waals surface area contributed by atoms with Gasteiger partial charge in [-0.25, -0.2) is 0 Å². The number of halogens is 1. The lowest BCUT2D eigenvalue weighted by Gasteiger charge is -2.22. The molecule has 0 radical (unpaired) electrons. The van der Waals surface area contributed by atoms with Gasteiger partial charge in [-0.15, -0.1) is 12.4 Å². The minimum absolute atomic E-state index is 0. The molecule has 2 aliphatic rings. The van der Waals surface area contributed by atoms with E-state index < -0.39 is 0 Å². The van der Waals surface area contributed by atoms with E-state index in [-0.39, 0.29) is 18.4 Å². The monoisotopic (exact) mass is 377 g/mol. The standard InChI is InChI=1S/C20H23NO4.ClH/c1-14(15-6-7-17-19(12-15)23-9-3-8-22-17)21-13-16-4-2-5-18-20(16)25-11-10-24-18;/h2,4-7,12,14,21H,3,8-11,13H2,1H3;1H. The van der Waals surface area contributed by atoms with Gasteiger partial charge in [0.1, 0.15) is 13.2 Å². The number of fused-ring (bicyclic) bond motifs is 2. The quantitative estimate of drug-likeness (QED) is 0.875. The second-order valence-corrected chi connectivity index (χ2v) is 6.30. The summed E-state index contributed by atoms with van der Waals surface area (Å²) in [5.74, 6) is 3.34. The van der Waals surface area contributed by atoms with E-state index in [0.29, 0.717) is 33.0 Å². The summed E-state index contributed by atoms with van der Waals surface area (Å²) in [4.78, 5) is 0. The predicted molar refractivity (Wildman–Crippen MR) is 102 cm³/mol. The van der Waals surface area contributed by atoms with Crippen molar-refractivity contribution in [3.63, 3.8) is 0 Å². The van der Waals surface area contributed by atoms with Gasteiger partial charge in [0.15, 0.2) is 23.0 Å². The zero-order valence-corrected chi connectivity index (χ0v) is 15.6. The first-order valence-corrected chi connectivity index (χ1v) is 8.82. The highest BCUT2D eigenvalue weighted by Gasteiger charge is 2.17. The average Bonchev–Trinajstić information content (AvgIpc) is 2.90. The van der Waals surface area contributed by atoms with Gasteiger partial charge in [-0.05, 0) is 30.7 Å². The van der Waals surface area contributed by atoms with E-state index >= 15 is 0 Å². The Morgan fingerprint density at radius 3 is 2.54 bits per heavy atom. The van der Waals surface area contributed by atoms with Crippen molar-refractivity contribution in [2.75, 3.05) is 26.4 Å². The van der Waals surface area contributed by atoms with Gasteiger partial charge in [-0.3, -0.25) is 0 Å². The van der Waals surface area contributed by atoms with Crippen molar-refractivity contribution in [1.82, 2.24) is 5.32 Å². The van der Waals surface area contributed by atoms with Crippen LogP contribution in [0.4, 0.5) is 0 Å². The van der Waals surface area contributed by atoms with E-state index in [4.69, 9.17) is 18.9 Å². The Morgan fingerprint density at radius 2 is 1.65 bits per heavy atom. The zero-order chi connectivity index (χ0) is 17.1. The van der Waals surface area contributed by atoms with Crippen LogP contribution in [0, 0.1) is 0 Å². The molecule has 5 nitrogen and oxygen atoms in total. The lowest BCUT2D eigenvalue weighted by molar-refractivity contribution is 0.169. The van der Waals surface area contributed by atoms with Crippen molar-refractivity contribution in [3.05, 3.63) is 47.5 Å². The van der Waals surface area contributed by atoms with Crippen molar-refractivity contribution < 1.29 is 18.9 Å². The van der Waals surface area contributed by atoms with E-state index in [1.807, 2.05) is 18.2 Å². The topological polar surface area (TPSA) is 49.0 Å². The normalized spacial score (nSPS) is 16.2. The number of hydrogen-bond donors (Lipinski definition) is 1. The third kappa shape index (κ3) is 4.00. The molecule has 1 unspecified atom stereocenters. The number of hydrogen-bond acceptors (Lipinski definition) is 5. The van der Waals surface area contributed by atoms with Crippen LogP contribution in [0.3, 0.4) is 0 Å². The van der Waals surface area contributed by atoms with Gasteiger partial charge in [0, 0.05) is 24.6 Å². The fraction of sp³-hybridized carbons (Fsp3) is 0.400. The summed E-state index contributed by atoms with van der Waals surface area (Å²) in [7, 11) is 0. The SMILES string of the molecule is CC(NCc1cccc2c1OCCO2)c1ccc2c(c1)OCCCO2.Cl. The van der Waals surface area contributed by atoms with Crippen LogP contribution in [-0.4, -0.2) is 26.4 Å². The van der Waals surface area contributed by atoms with E-state index in [1.54, 1.807) is 0 Å². The molecule has 0 amide bonds. The van der Waals surface area contributed by atoms with Crippen LogP contribution in [0.2, 0.25) is 0 Å². The Hall–Kier alpha value is -2.11. The largest absolute Gasteiger partial charge is 0.490 e. The Labute approximate surface area is 160 Å². The van der Waals surface area contributed by atoms with Crippen LogP contribution in [-0.2, 0) is 6.54 Å². The van der Waals surface area contributed by atoms with Gasteiger partial charge >= 0.3 is 0 Å². The molecule has 0 aromatic heterocycles. The van der Waals surface area contributed by atoms with E-state index in [2.05, 4.69) is 30.4 Å². The summed E-state index contributed by atoms with van der Waals surface area (Å²) in [5.41, 5.74) is 2.28. The van der Waals surface area contributed by atoms with Gasteiger partial charge in [0.25, 0.3) is 0 Å². The highest BCUT2D eigenvalue weighted by atomic mass is 35.5. The van der Waals surface area contributed by atoms with Gasteiger partial charge in [-0.1, -0.05) is 18.2 Å². The molecule has 0 saturated heterocycles. The lowest BCUT2D eigenvalue weighted by atomic mass is 10.1. The van der Waals surface area contributed by atoms with Crippen molar-refractivity contribution in [3.8, 4) is 23.0 Å². The third-order valence-electron chi connectivity index (χ3n) is 4.52. The Morgan fingerprint density at radius 1 is 0.885 bits per heavy atom. The molecule has 0 bridgehead atoms. The molecule has 6 heteroatoms. The molecule has 1 N–H and O–H groups in total. The zero-order valence-electron chi connectivity index (χ0n) is 14.8. The maximum absolute atomic E-state index is 5.79. The van der Waals surface area contributed by atoms with Gasteiger partial charge in [0.05, 0.1) is 13.2 Å². The van der Waals surface area contributed by atoms with E-state index in [0.717, 1.165) is 35.0 Å². The Kier molecular flexibility index (Phi) is 6.12. The maximum atomic E-state index is 5.79. The highest BCUT2D eigenvalue weighted by molar-refractivity contribution is 5.85. The summed E-state index contributed by atoms with van der Waals surface area (Å²) < 4.78 is 22.9. The molecule has 0 aliphatic carbocycles. The number of benzene rings is 2. The van der Waals surface area contributed by atoms with Gasteiger partial charge in [0.2, 0.25) is 0 Å². The molecule has 2 aromatic rings. The number of ether oxygens (including phenoxy) is 4. The predicted octanol–water partition coefficient (Wildman–Crippen LogP) is 3.89. The van der Waals surface area contributed by atoms with E-state index in [1.165, 1.54) is 5.56 Å². The fourth-order valence-corrected chi connectivity index (χ4v) is 3.10. The van der Waals surface area contributed by atoms with Crippen LogP contribution < -0.4 is 24.3 Å². The lowest BCUT2D eigenvalue weighted by Crippen LogP contribution is -2.21. The van der Waals surface area contributed by atoms with Crippen LogP contribution in [0.5, 0.6) is 23.0 Å². The van der Waals surface area contributed by atoms with Crippen molar-refractivity contribution in [1.29, 1.82) is 0 Å². The molecule has 2 aromatic carbocycles. The first-order chi connectivity index (χ1) is 12.3. The minimum Gasteiger partial charge on any atom is -0.490 e. The fourth-order valence-electron chi connectivity index (χ4n) is 3.10. The highest BCUT2D eigenvalue weighted by Crippen LogP contribution is 2.35. The first-order valence-electron chi connectivity index (χ1n) is 8.82. The molecule has 1 atom stereocenters. The molecule has 26 heavy (non-hydrogen) atoms. The molecule has 0 spiro atoms. The van der Waals surface area contributed by atoms with Gasteiger partial charge in [-0.2, -0.15) is 0 Å². The first kappa shape index (κ1) is 18.7. The molecule has 0 fully saturated rings. The average molecular weight is 378 g/mol. The van der Waals surface area contributed by atoms with Crippen molar-refractivity contribution in [2.45, 2.75) is 25.9 Å². The second kappa shape index (κ2) is 8.52. The molecule has 2 aliphatic heterocycles. The Balaban J connectivity index is 0.00000196. The molecule has 2 heterocycles. The number of para-hydroxylation sites is 1. The molecular weight excluding hydrogens is 354 g/mol. The number of nitrogens with one attached hydrogen (secondary N) is 1. The maximum Gasteiger partial charge on any atom is 0.165 e. The second-order valence-electron chi connectivity index (χ2n) is 6.30. The third-order valence-corrected chi connectivity index (χ3v) is 4.52. The van der Waals surface area contributed by atoms with Crippen LogP contribution >= 0.6 is 12.4 Å². The molecule has 0 saturated carbocycles. The van der Waals surface area contributed by atoms with Crippen molar-refractivity contribution >= 4 is 12.4 Å². The van der Waals surface area contributed by atoms with E-state index in [9.17, 15) is 0 Å². The summed E-state index contributed by atoms with van der Waals surface area (Å²) >= 11 is 0. The van der Waals surface area contributed by atoms with Crippen LogP contribution in [0.15, 0.2) is 36.4 Å². The van der Waals surface area contributed by atoms with Crippen LogP contribution in [0.1, 0.15) is 30.5 Å². The summed E-state index contributed by atoms with van der Waals surface area (Å²) in [6.07, 6.45) is 0.916. The smallest absolute Gasteiger partial charge is 0.165 e. The molecule has 140 valence electrons.